The lowest BCUT2D eigenvalue weighted by Crippen LogP contribution is -2.46. The van der Waals surface area contributed by atoms with Gasteiger partial charge in [0.2, 0.25) is 0 Å². The smallest absolute Gasteiger partial charge is 0.318 e. The van der Waals surface area contributed by atoms with Crippen molar-refractivity contribution in [3.8, 4) is 11.4 Å². The molecule has 3 heterocycles. The van der Waals surface area contributed by atoms with Crippen LogP contribution in [0.1, 0.15) is 50.6 Å². The van der Waals surface area contributed by atoms with Crippen molar-refractivity contribution in [1.82, 2.24) is 15.3 Å². The Morgan fingerprint density at radius 2 is 2.16 bits per heavy atom. The molecular formula is C23H30FN5O2S. The molecule has 2 aliphatic rings. The maximum absolute atomic E-state index is 15.1. The minimum Gasteiger partial charge on any atom is -0.377 e. The molecule has 2 atom stereocenters. The van der Waals surface area contributed by atoms with Crippen molar-refractivity contribution in [2.24, 2.45) is 0 Å². The van der Waals surface area contributed by atoms with Crippen molar-refractivity contribution in [2.75, 3.05) is 37.0 Å². The van der Waals surface area contributed by atoms with E-state index in [9.17, 15) is 4.79 Å². The molecule has 0 aliphatic carbocycles. The summed E-state index contributed by atoms with van der Waals surface area (Å²) in [5.74, 6) is 0.778. The summed E-state index contributed by atoms with van der Waals surface area (Å²) in [6.07, 6.45) is 0.938. The summed E-state index contributed by atoms with van der Waals surface area (Å²) in [6.45, 7) is 10.7. The number of morpholine rings is 1. The molecule has 1 fully saturated rings. The van der Waals surface area contributed by atoms with E-state index in [-0.39, 0.29) is 16.0 Å². The number of carbonyl (C=O) groups is 1. The highest BCUT2D eigenvalue weighted by atomic mass is 32.2. The Morgan fingerprint density at radius 1 is 1.38 bits per heavy atom. The summed E-state index contributed by atoms with van der Waals surface area (Å²) in [6, 6.07) is 4.41. The van der Waals surface area contributed by atoms with Gasteiger partial charge in [-0.3, -0.25) is 0 Å². The normalized spacial score (nSPS) is 21.9. The highest BCUT2D eigenvalue weighted by Gasteiger charge is 2.42. The fourth-order valence-electron chi connectivity index (χ4n) is 4.43. The zero-order valence-electron chi connectivity index (χ0n) is 19.2. The van der Waals surface area contributed by atoms with Gasteiger partial charge in [-0.25, -0.2) is 19.2 Å². The van der Waals surface area contributed by atoms with Crippen molar-refractivity contribution in [3.63, 3.8) is 0 Å². The summed E-state index contributed by atoms with van der Waals surface area (Å²) in [5, 5.41) is 5.29. The number of nitrogens with zero attached hydrogens (tertiary/aromatic N) is 3. The van der Waals surface area contributed by atoms with Gasteiger partial charge in [-0.2, -0.15) is 0 Å². The van der Waals surface area contributed by atoms with Crippen molar-refractivity contribution in [2.45, 2.75) is 50.2 Å². The minimum atomic E-state index is -0.477. The van der Waals surface area contributed by atoms with E-state index in [0.717, 1.165) is 30.0 Å². The molecule has 2 aromatic rings. The number of nitrogens with one attached hydrogen (secondary N) is 2. The molecule has 2 unspecified atom stereocenters. The highest BCUT2D eigenvalue weighted by Crippen LogP contribution is 2.56. The van der Waals surface area contributed by atoms with Crippen molar-refractivity contribution in [3.05, 3.63) is 35.3 Å². The number of hydrogen-bond acceptors (Lipinski definition) is 6. The summed E-state index contributed by atoms with van der Waals surface area (Å²) >= 11 is 1.85. The number of benzene rings is 1. The third-order valence-electron chi connectivity index (χ3n) is 6.04. The van der Waals surface area contributed by atoms with E-state index in [2.05, 4.69) is 43.2 Å². The lowest BCUT2D eigenvalue weighted by atomic mass is 10.00. The van der Waals surface area contributed by atoms with E-state index in [4.69, 9.17) is 14.7 Å². The van der Waals surface area contributed by atoms with Crippen molar-refractivity contribution >= 4 is 29.3 Å². The van der Waals surface area contributed by atoms with Gasteiger partial charge in [-0.15, -0.1) is 11.8 Å². The van der Waals surface area contributed by atoms with Crippen LogP contribution in [0.25, 0.3) is 11.4 Å². The highest BCUT2D eigenvalue weighted by molar-refractivity contribution is 8.00. The van der Waals surface area contributed by atoms with Gasteiger partial charge >= 0.3 is 6.03 Å². The minimum absolute atomic E-state index is 0.202. The lowest BCUT2D eigenvalue weighted by molar-refractivity contribution is 0.0924. The van der Waals surface area contributed by atoms with Gasteiger partial charge in [-0.05, 0) is 45.4 Å². The Bertz CT molecular complexity index is 1030. The molecule has 2 N–H and O–H groups in total. The molecule has 0 radical (unpaired) electrons. The van der Waals surface area contributed by atoms with Crippen LogP contribution in [0.2, 0.25) is 0 Å². The number of urea groups is 1. The quantitative estimate of drug-likeness (QED) is 0.690. The summed E-state index contributed by atoms with van der Waals surface area (Å²) in [4.78, 5) is 23.7. The van der Waals surface area contributed by atoms with Crippen LogP contribution in [-0.2, 0) is 9.48 Å². The van der Waals surface area contributed by atoms with Crippen LogP contribution in [-0.4, -0.2) is 48.8 Å². The zero-order valence-corrected chi connectivity index (χ0v) is 20.0. The zero-order chi connectivity index (χ0) is 23.0. The van der Waals surface area contributed by atoms with Crippen molar-refractivity contribution < 1.29 is 13.9 Å². The molecule has 2 aliphatic heterocycles. The second-order valence-corrected chi connectivity index (χ2v) is 10.6. The van der Waals surface area contributed by atoms with Crippen LogP contribution >= 0.6 is 11.8 Å². The first kappa shape index (κ1) is 22.8. The van der Waals surface area contributed by atoms with Gasteiger partial charge in [-0.1, -0.05) is 6.92 Å². The van der Waals surface area contributed by atoms with E-state index >= 15 is 4.39 Å². The summed E-state index contributed by atoms with van der Waals surface area (Å²) in [5.41, 5.74) is 2.79. The molecule has 1 aromatic carbocycles. The van der Waals surface area contributed by atoms with Gasteiger partial charge in [0, 0.05) is 30.1 Å². The molecule has 7 nitrogen and oxygen atoms in total. The Labute approximate surface area is 192 Å². The molecule has 4 rings (SSSR count). The number of carbonyl (C=O) groups excluding carboxylic acids is 1. The van der Waals surface area contributed by atoms with Gasteiger partial charge in [0.05, 0.1) is 35.3 Å². The second kappa shape index (κ2) is 8.86. The van der Waals surface area contributed by atoms with Gasteiger partial charge in [0.1, 0.15) is 11.6 Å². The molecule has 32 heavy (non-hydrogen) atoms. The van der Waals surface area contributed by atoms with Crippen LogP contribution in [0, 0.1) is 5.82 Å². The molecule has 0 saturated carbocycles. The average Bonchev–Trinajstić information content (AvgIpc) is 3.01. The Hall–Kier alpha value is -2.39. The monoisotopic (exact) mass is 459 g/mol. The second-order valence-electron chi connectivity index (χ2n) is 8.63. The number of aromatic nitrogens is 2. The van der Waals surface area contributed by atoms with E-state index in [1.54, 1.807) is 12.1 Å². The van der Waals surface area contributed by atoms with Crippen LogP contribution in [0.15, 0.2) is 18.2 Å². The molecule has 172 valence electrons. The lowest BCUT2D eigenvalue weighted by Gasteiger charge is -2.37. The van der Waals surface area contributed by atoms with Crippen LogP contribution in [0.4, 0.5) is 20.7 Å². The molecule has 2 amide bonds. The third kappa shape index (κ3) is 4.15. The maximum Gasteiger partial charge on any atom is 0.318 e. The van der Waals surface area contributed by atoms with Crippen LogP contribution in [0.5, 0.6) is 0 Å². The maximum atomic E-state index is 15.1. The predicted octanol–water partition coefficient (Wildman–Crippen LogP) is 4.69. The fourth-order valence-corrected chi connectivity index (χ4v) is 5.91. The molecule has 9 heteroatoms. The van der Waals surface area contributed by atoms with E-state index in [0.29, 0.717) is 30.3 Å². The van der Waals surface area contributed by atoms with Crippen LogP contribution < -0.4 is 15.5 Å². The van der Waals surface area contributed by atoms with Gasteiger partial charge in [0.25, 0.3) is 0 Å². The first-order chi connectivity index (χ1) is 15.2. The number of halogens is 1. The first-order valence-electron chi connectivity index (χ1n) is 11.0. The van der Waals surface area contributed by atoms with E-state index in [1.165, 1.54) is 13.1 Å². The molecule has 0 bridgehead atoms. The van der Waals surface area contributed by atoms with Crippen molar-refractivity contribution in [1.29, 1.82) is 0 Å². The number of thioether (sulfide) groups is 1. The SMILES string of the molecule is CCC1COCCN1c1nc(-c2ccc(NC(=O)NC)cc2F)nc2c1C(C)SC2(C)C. The van der Waals surface area contributed by atoms with Crippen LogP contribution in [0.3, 0.4) is 0 Å². The number of amides is 2. The first-order valence-corrected chi connectivity index (χ1v) is 11.9. The fraction of sp³-hybridized carbons (Fsp3) is 0.522. The molecule has 0 spiro atoms. The average molecular weight is 460 g/mol. The number of rotatable bonds is 4. The number of anilines is 2. The topological polar surface area (TPSA) is 79.4 Å². The summed E-state index contributed by atoms with van der Waals surface area (Å²) in [7, 11) is 1.51. The van der Waals surface area contributed by atoms with E-state index < -0.39 is 11.8 Å². The standard InChI is InChI=1S/C23H30FN5O2S/c1-6-15-12-31-10-9-29(15)21-18-13(2)32-23(3,4)19(18)27-20(28-21)16-8-7-14(11-17(16)24)26-22(30)25-5/h7-8,11,13,15H,6,9-10,12H2,1-5H3,(H2,25,26,30). The Kier molecular flexibility index (Phi) is 6.31. The van der Waals surface area contributed by atoms with Gasteiger partial charge < -0.3 is 20.3 Å². The molecule has 1 saturated heterocycles. The third-order valence-corrected chi connectivity index (χ3v) is 7.41. The Morgan fingerprint density at radius 3 is 2.84 bits per heavy atom. The van der Waals surface area contributed by atoms with E-state index in [1.807, 2.05) is 11.8 Å². The predicted molar refractivity (Wildman–Crippen MR) is 127 cm³/mol. The molecule has 1 aromatic heterocycles. The molecular weight excluding hydrogens is 429 g/mol. The number of fused-ring (bicyclic) bond motifs is 1. The number of hydrogen-bond donors (Lipinski definition) is 2. The summed E-state index contributed by atoms with van der Waals surface area (Å²) < 4.78 is 20.6. The Balaban J connectivity index is 1.83. The number of ether oxygens (including phenoxy) is 1. The largest absolute Gasteiger partial charge is 0.377 e. The van der Waals surface area contributed by atoms with Gasteiger partial charge in [0.15, 0.2) is 5.82 Å².